The number of rotatable bonds is 17. The van der Waals surface area contributed by atoms with Crippen molar-refractivity contribution in [2.75, 3.05) is 26.9 Å². The van der Waals surface area contributed by atoms with Gasteiger partial charge < -0.3 is 50.9 Å². The zero-order chi connectivity index (χ0) is 47.0. The van der Waals surface area contributed by atoms with E-state index in [1.165, 1.54) is 71.5 Å². The first-order chi connectivity index (χ1) is 30.1. The Morgan fingerprint density at radius 1 is 0.476 bits per heavy atom. The normalized spacial score (nSPS) is 15.2. The van der Waals surface area contributed by atoms with Crippen LogP contribution in [0.5, 0.6) is 0 Å². The molecule has 0 bridgehead atoms. The number of nitrogens with one attached hydrogen (secondary N) is 1. The molecular weight excluding hydrogens is 830 g/mol. The van der Waals surface area contributed by atoms with Crippen molar-refractivity contribution in [1.82, 2.24) is 19.0 Å². The summed E-state index contributed by atoms with van der Waals surface area (Å²) in [4.78, 5) is 101. The highest BCUT2D eigenvalue weighted by Gasteiger charge is 2.25. The minimum Gasteiger partial charge on any atom is -0.428 e. The standard InChI is InChI=1S/C24H39N3O3.2C6H11NO4.C5H10N2O4/c28-22-25(16-19-10-4-1-5-11-19)23(29)27(18-21-14-8-3-9-15-21)24(30)26(22)17-20-12-6-2-7-13-20;2*1-2-3-5(8)10-4-11-6(7)9;1-2-7-5(9)11-3-10-4(6)8/h19-21H,1-18H2;2*2-4H2,1H3,(H2,7,9);2-3H2,1H3,(H2,6,8)(H,7,9). The minimum atomic E-state index is -0.978. The first-order valence-electron chi connectivity index (χ1n) is 22.1. The fraction of sp³-hybridized carbons (Fsp3) is 0.780. The lowest BCUT2D eigenvalue weighted by molar-refractivity contribution is -0.152. The van der Waals surface area contributed by atoms with E-state index in [4.69, 9.17) is 0 Å². The van der Waals surface area contributed by atoms with Crippen molar-refractivity contribution in [3.05, 3.63) is 31.5 Å². The third kappa shape index (κ3) is 25.2. The molecule has 360 valence electrons. The van der Waals surface area contributed by atoms with Crippen molar-refractivity contribution in [3.8, 4) is 0 Å². The molecule has 3 fully saturated rings. The van der Waals surface area contributed by atoms with Gasteiger partial charge in [0, 0.05) is 39.0 Å². The summed E-state index contributed by atoms with van der Waals surface area (Å²) in [6, 6.07) is 0. The lowest BCUT2D eigenvalue weighted by Crippen LogP contribution is -2.56. The van der Waals surface area contributed by atoms with Crippen LogP contribution in [0.3, 0.4) is 0 Å². The maximum absolute atomic E-state index is 13.3. The number of aromatic nitrogens is 3. The minimum absolute atomic E-state index is 0.322. The molecule has 7 N–H and O–H groups in total. The quantitative estimate of drug-likeness (QED) is 0.0953. The Labute approximate surface area is 367 Å². The number of esters is 2. The molecule has 22 heteroatoms. The van der Waals surface area contributed by atoms with E-state index in [0.29, 0.717) is 69.6 Å². The molecule has 0 unspecified atom stereocenters. The van der Waals surface area contributed by atoms with Crippen LogP contribution < -0.4 is 39.6 Å². The summed E-state index contributed by atoms with van der Waals surface area (Å²) in [5.41, 5.74) is 12.7. The van der Waals surface area contributed by atoms with Crippen LogP contribution in [0, 0.1) is 17.8 Å². The Morgan fingerprint density at radius 3 is 1.02 bits per heavy atom. The van der Waals surface area contributed by atoms with Gasteiger partial charge in [0.25, 0.3) is 0 Å². The predicted octanol–water partition coefficient (Wildman–Crippen LogP) is 4.46. The Balaban J connectivity index is 0.000000497. The van der Waals surface area contributed by atoms with Gasteiger partial charge in [-0.15, -0.1) is 0 Å². The van der Waals surface area contributed by atoms with Crippen LogP contribution in [-0.4, -0.2) is 76.9 Å². The van der Waals surface area contributed by atoms with Gasteiger partial charge in [-0.3, -0.25) is 9.59 Å². The molecular formula is C41H71N7O15. The fourth-order valence-corrected chi connectivity index (χ4v) is 7.23. The lowest BCUT2D eigenvalue weighted by Gasteiger charge is -2.26. The number of carbonyl (C=O) groups is 6. The molecule has 4 rings (SSSR count). The SMILES string of the molecule is CCCC(=O)OCOC(N)=O.CCCC(=O)OCOC(N)=O.CCNC(=O)OCOC(N)=O.O=c1n(CC2CCCCC2)c(=O)n(CC2CCCCC2)c(=O)n1CC1CCCCC1. The topological polar surface area (TPSA) is 314 Å². The number of carbonyl (C=O) groups excluding carboxylic acids is 6. The van der Waals surface area contributed by atoms with E-state index in [1.807, 2.05) is 13.8 Å². The molecule has 1 aromatic rings. The first kappa shape index (κ1) is 55.4. The molecule has 0 saturated heterocycles. The van der Waals surface area contributed by atoms with Gasteiger partial charge in [0.1, 0.15) is 0 Å². The molecule has 1 aromatic heterocycles. The van der Waals surface area contributed by atoms with E-state index in [-0.39, 0.29) is 17.1 Å². The van der Waals surface area contributed by atoms with Crippen molar-refractivity contribution >= 4 is 36.3 Å². The van der Waals surface area contributed by atoms with E-state index in [0.717, 1.165) is 38.5 Å². The van der Waals surface area contributed by atoms with E-state index < -0.39 is 56.7 Å². The van der Waals surface area contributed by atoms with Crippen molar-refractivity contribution < 1.29 is 57.2 Å². The van der Waals surface area contributed by atoms with Crippen molar-refractivity contribution in [1.29, 1.82) is 0 Å². The second-order valence-corrected chi connectivity index (χ2v) is 15.4. The Hall–Kier alpha value is -5.57. The van der Waals surface area contributed by atoms with Gasteiger partial charge in [-0.05, 0) is 76.0 Å². The molecule has 63 heavy (non-hydrogen) atoms. The van der Waals surface area contributed by atoms with Crippen molar-refractivity contribution in [3.63, 3.8) is 0 Å². The van der Waals surface area contributed by atoms with Crippen molar-refractivity contribution in [2.45, 2.75) is 162 Å². The van der Waals surface area contributed by atoms with Crippen LogP contribution in [0.1, 0.15) is 143 Å². The third-order valence-corrected chi connectivity index (χ3v) is 10.3. The summed E-state index contributed by atoms with van der Waals surface area (Å²) in [6.07, 6.45) is 15.8. The van der Waals surface area contributed by atoms with Crippen LogP contribution in [-0.2, 0) is 57.6 Å². The largest absolute Gasteiger partial charge is 0.428 e. The summed E-state index contributed by atoms with van der Waals surface area (Å²) < 4.78 is 29.9. The average Bonchev–Trinajstić information content (AvgIpc) is 3.24. The monoisotopic (exact) mass is 902 g/mol. The number of nitrogens with zero attached hydrogens (tertiary/aromatic N) is 3. The number of amides is 4. The summed E-state index contributed by atoms with van der Waals surface area (Å²) in [6.45, 7) is 6.06. The van der Waals surface area contributed by atoms with E-state index in [1.54, 1.807) is 6.92 Å². The highest BCUT2D eigenvalue weighted by Crippen LogP contribution is 2.26. The number of alkyl carbamates (subject to hydrolysis) is 1. The molecule has 3 aliphatic rings. The maximum Gasteiger partial charge on any atom is 0.410 e. The molecule has 0 aromatic carbocycles. The summed E-state index contributed by atoms with van der Waals surface area (Å²) in [7, 11) is 0. The number of ether oxygens (including phenoxy) is 6. The molecule has 3 aliphatic carbocycles. The molecule has 0 atom stereocenters. The fourth-order valence-electron chi connectivity index (χ4n) is 7.23. The molecule has 0 spiro atoms. The Morgan fingerprint density at radius 2 is 0.762 bits per heavy atom. The number of nitrogens with two attached hydrogens (primary N) is 3. The summed E-state index contributed by atoms with van der Waals surface area (Å²) in [5.74, 6) is 0.358. The van der Waals surface area contributed by atoms with E-state index >= 15 is 0 Å². The maximum atomic E-state index is 13.3. The van der Waals surface area contributed by atoms with Gasteiger partial charge in [-0.1, -0.05) is 71.6 Å². The lowest BCUT2D eigenvalue weighted by atomic mass is 9.89. The first-order valence-corrected chi connectivity index (χ1v) is 22.1. The van der Waals surface area contributed by atoms with Crippen LogP contribution in [0.4, 0.5) is 19.2 Å². The molecule has 22 nitrogen and oxygen atoms in total. The van der Waals surface area contributed by atoms with Gasteiger partial charge in [0.2, 0.25) is 20.4 Å². The molecule has 0 radical (unpaired) electrons. The second-order valence-electron chi connectivity index (χ2n) is 15.4. The summed E-state index contributed by atoms with van der Waals surface area (Å²) >= 11 is 0. The Bertz CT molecular complexity index is 1490. The Kier molecular flexibility index (Phi) is 29.1. The zero-order valence-electron chi connectivity index (χ0n) is 37.3. The molecule has 3 saturated carbocycles. The van der Waals surface area contributed by atoms with E-state index in [9.17, 15) is 43.2 Å². The molecule has 0 aliphatic heterocycles. The van der Waals surface area contributed by atoms with Gasteiger partial charge in [-0.25, -0.2) is 47.3 Å². The zero-order valence-corrected chi connectivity index (χ0v) is 37.3. The van der Waals surface area contributed by atoms with Crippen LogP contribution in [0.2, 0.25) is 0 Å². The van der Waals surface area contributed by atoms with Crippen LogP contribution >= 0.6 is 0 Å². The average molecular weight is 902 g/mol. The summed E-state index contributed by atoms with van der Waals surface area (Å²) in [5, 5.41) is 2.33. The van der Waals surface area contributed by atoms with Crippen LogP contribution in [0.15, 0.2) is 14.4 Å². The number of primary amides is 3. The smallest absolute Gasteiger partial charge is 0.410 e. The van der Waals surface area contributed by atoms with Crippen LogP contribution in [0.25, 0.3) is 0 Å². The number of hydrogen-bond acceptors (Lipinski definition) is 15. The molecule has 1 heterocycles. The van der Waals surface area contributed by atoms with E-state index in [2.05, 4.69) is 50.9 Å². The van der Waals surface area contributed by atoms with Gasteiger partial charge in [0.15, 0.2) is 0 Å². The number of hydrogen-bond donors (Lipinski definition) is 4. The second kappa shape index (κ2) is 33.0. The highest BCUT2D eigenvalue weighted by atomic mass is 16.7. The molecule has 4 amide bonds. The third-order valence-electron chi connectivity index (χ3n) is 10.3. The highest BCUT2D eigenvalue weighted by molar-refractivity contribution is 5.70. The van der Waals surface area contributed by atoms with Gasteiger partial charge >= 0.3 is 53.4 Å². The van der Waals surface area contributed by atoms with Gasteiger partial charge in [-0.2, -0.15) is 0 Å². The van der Waals surface area contributed by atoms with Gasteiger partial charge in [0.05, 0.1) is 0 Å². The predicted molar refractivity (Wildman–Crippen MR) is 228 cm³/mol. The van der Waals surface area contributed by atoms with Crippen molar-refractivity contribution in [2.24, 2.45) is 35.0 Å².